The molecule has 7 heteroatoms. The monoisotopic (exact) mass is 367 g/mol. The Morgan fingerprint density at radius 3 is 2.41 bits per heavy atom. The molecule has 0 saturated heterocycles. The van der Waals surface area contributed by atoms with Gasteiger partial charge in [0.15, 0.2) is 17.2 Å². The van der Waals surface area contributed by atoms with E-state index >= 15 is 0 Å². The van der Waals surface area contributed by atoms with Gasteiger partial charge < -0.3 is 19.1 Å². The standard InChI is InChI=1S/C20H21N3O4/c1-5-23-15-9-7-6-8-14(15)17(20(23)24)22-21-12-13-10-11-16(25-2)19(27-4)18(13)26-3/h6-12H,5H2,1-4H3/b21-12-,22-17+. The van der Waals surface area contributed by atoms with Crippen molar-refractivity contribution in [1.29, 1.82) is 0 Å². The molecule has 0 aromatic heterocycles. The largest absolute Gasteiger partial charge is 0.493 e. The molecule has 0 N–H and O–H groups in total. The summed E-state index contributed by atoms with van der Waals surface area (Å²) >= 11 is 0. The van der Waals surface area contributed by atoms with Crippen molar-refractivity contribution in [3.05, 3.63) is 47.5 Å². The molecule has 2 aromatic rings. The highest BCUT2D eigenvalue weighted by atomic mass is 16.5. The Morgan fingerprint density at radius 1 is 1.00 bits per heavy atom. The van der Waals surface area contributed by atoms with Gasteiger partial charge in [0.25, 0.3) is 5.91 Å². The number of rotatable bonds is 6. The third kappa shape index (κ3) is 3.23. The van der Waals surface area contributed by atoms with Gasteiger partial charge in [-0.3, -0.25) is 4.79 Å². The van der Waals surface area contributed by atoms with Crippen molar-refractivity contribution in [2.24, 2.45) is 10.2 Å². The average molecular weight is 367 g/mol. The van der Waals surface area contributed by atoms with Crippen molar-refractivity contribution in [1.82, 2.24) is 0 Å². The maximum atomic E-state index is 12.6. The molecule has 0 bridgehead atoms. The Bertz CT molecular complexity index is 921. The molecular formula is C20H21N3O4. The van der Waals surface area contributed by atoms with Gasteiger partial charge in [-0.2, -0.15) is 5.10 Å². The molecule has 140 valence electrons. The van der Waals surface area contributed by atoms with Crippen molar-refractivity contribution in [3.8, 4) is 17.2 Å². The second-order valence-electron chi connectivity index (χ2n) is 5.68. The van der Waals surface area contributed by atoms with Crippen molar-refractivity contribution in [2.75, 3.05) is 32.8 Å². The molecule has 1 heterocycles. The number of amides is 1. The lowest BCUT2D eigenvalue weighted by Crippen LogP contribution is -2.29. The summed E-state index contributed by atoms with van der Waals surface area (Å²) in [4.78, 5) is 14.3. The minimum absolute atomic E-state index is 0.157. The molecule has 27 heavy (non-hydrogen) atoms. The first-order valence-corrected chi connectivity index (χ1v) is 8.47. The highest BCUT2D eigenvalue weighted by Crippen LogP contribution is 2.39. The van der Waals surface area contributed by atoms with Gasteiger partial charge in [0.2, 0.25) is 5.75 Å². The molecule has 0 fully saturated rings. The van der Waals surface area contributed by atoms with Gasteiger partial charge in [-0.05, 0) is 25.1 Å². The minimum Gasteiger partial charge on any atom is -0.493 e. The fourth-order valence-corrected chi connectivity index (χ4v) is 3.05. The van der Waals surface area contributed by atoms with Crippen LogP contribution in [0.4, 0.5) is 5.69 Å². The summed E-state index contributed by atoms with van der Waals surface area (Å²) in [6, 6.07) is 11.1. The lowest BCUT2D eigenvalue weighted by atomic mass is 10.1. The van der Waals surface area contributed by atoms with Gasteiger partial charge in [0, 0.05) is 17.7 Å². The summed E-state index contributed by atoms with van der Waals surface area (Å²) in [5, 5.41) is 8.30. The van der Waals surface area contributed by atoms with Crippen LogP contribution < -0.4 is 19.1 Å². The van der Waals surface area contributed by atoms with Crippen molar-refractivity contribution in [2.45, 2.75) is 6.92 Å². The van der Waals surface area contributed by atoms with Crippen molar-refractivity contribution in [3.63, 3.8) is 0 Å². The van der Waals surface area contributed by atoms with Crippen molar-refractivity contribution >= 4 is 23.5 Å². The molecule has 0 saturated carbocycles. The van der Waals surface area contributed by atoms with E-state index in [4.69, 9.17) is 14.2 Å². The predicted octanol–water partition coefficient (Wildman–Crippen LogP) is 2.90. The fourth-order valence-electron chi connectivity index (χ4n) is 3.05. The van der Waals surface area contributed by atoms with E-state index in [2.05, 4.69) is 10.2 Å². The van der Waals surface area contributed by atoms with Crippen LogP contribution in [0.15, 0.2) is 46.6 Å². The Morgan fingerprint density at radius 2 is 1.74 bits per heavy atom. The van der Waals surface area contributed by atoms with E-state index in [0.717, 1.165) is 11.3 Å². The molecule has 7 nitrogen and oxygen atoms in total. The van der Waals surface area contributed by atoms with Gasteiger partial charge in [0.1, 0.15) is 0 Å². The maximum Gasteiger partial charge on any atom is 0.279 e. The van der Waals surface area contributed by atoms with Crippen LogP contribution in [0.1, 0.15) is 18.1 Å². The van der Waals surface area contributed by atoms with Gasteiger partial charge in [-0.25, -0.2) is 0 Å². The van der Waals surface area contributed by atoms with Crippen LogP contribution in [0, 0.1) is 0 Å². The Labute approximate surface area is 157 Å². The van der Waals surface area contributed by atoms with E-state index in [1.165, 1.54) is 20.4 Å². The fraction of sp³-hybridized carbons (Fsp3) is 0.250. The molecule has 1 amide bonds. The molecule has 0 radical (unpaired) electrons. The summed E-state index contributed by atoms with van der Waals surface area (Å²) in [5.74, 6) is 1.34. The summed E-state index contributed by atoms with van der Waals surface area (Å²) in [5.41, 5.74) is 2.61. The molecule has 2 aromatic carbocycles. The van der Waals surface area contributed by atoms with E-state index in [1.54, 1.807) is 24.1 Å². The van der Waals surface area contributed by atoms with Gasteiger partial charge in [-0.1, -0.05) is 18.2 Å². The third-order valence-corrected chi connectivity index (χ3v) is 4.30. The van der Waals surface area contributed by atoms with Crippen LogP contribution in [0.2, 0.25) is 0 Å². The Kier molecular flexibility index (Phi) is 5.40. The third-order valence-electron chi connectivity index (χ3n) is 4.30. The number of ether oxygens (including phenoxy) is 3. The van der Waals surface area contributed by atoms with Crippen LogP contribution in [-0.2, 0) is 4.79 Å². The van der Waals surface area contributed by atoms with Crippen LogP contribution in [0.3, 0.4) is 0 Å². The lowest BCUT2D eigenvalue weighted by molar-refractivity contribution is -0.112. The highest BCUT2D eigenvalue weighted by Gasteiger charge is 2.32. The zero-order chi connectivity index (χ0) is 19.4. The number of anilines is 1. The van der Waals surface area contributed by atoms with Gasteiger partial charge >= 0.3 is 0 Å². The number of hydrogen-bond acceptors (Lipinski definition) is 6. The number of likely N-dealkylation sites (N-methyl/N-ethyl adjacent to an activating group) is 1. The second kappa shape index (κ2) is 7.90. The molecule has 0 spiro atoms. The number of methoxy groups -OCH3 is 3. The zero-order valence-corrected chi connectivity index (χ0v) is 15.7. The highest BCUT2D eigenvalue weighted by molar-refractivity contribution is 6.54. The summed E-state index contributed by atoms with van der Waals surface area (Å²) in [7, 11) is 4.63. The van der Waals surface area contributed by atoms with Crippen LogP contribution in [0.25, 0.3) is 0 Å². The summed E-state index contributed by atoms with van der Waals surface area (Å²) < 4.78 is 16.1. The number of fused-ring (bicyclic) bond motifs is 1. The average Bonchev–Trinajstić information content (AvgIpc) is 2.98. The normalized spacial score (nSPS) is 14.7. The van der Waals surface area contributed by atoms with E-state index in [0.29, 0.717) is 35.1 Å². The quantitative estimate of drug-likeness (QED) is 0.581. The lowest BCUT2D eigenvalue weighted by Gasteiger charge is -2.13. The first kappa shape index (κ1) is 18.4. The van der Waals surface area contributed by atoms with E-state index in [9.17, 15) is 4.79 Å². The van der Waals surface area contributed by atoms with Gasteiger partial charge in [-0.15, -0.1) is 5.10 Å². The number of para-hydroxylation sites is 1. The Hall–Kier alpha value is -3.35. The first-order valence-electron chi connectivity index (χ1n) is 8.47. The molecule has 3 rings (SSSR count). The number of benzene rings is 2. The van der Waals surface area contributed by atoms with E-state index in [1.807, 2.05) is 31.2 Å². The molecule has 1 aliphatic heterocycles. The second-order valence-corrected chi connectivity index (χ2v) is 5.68. The van der Waals surface area contributed by atoms with Crippen LogP contribution >= 0.6 is 0 Å². The summed E-state index contributed by atoms with van der Waals surface area (Å²) in [6.07, 6.45) is 1.53. The molecular weight excluding hydrogens is 346 g/mol. The first-order chi connectivity index (χ1) is 13.2. The molecule has 1 aliphatic rings. The predicted molar refractivity (Wildman–Crippen MR) is 105 cm³/mol. The SMILES string of the molecule is CCN1C(=O)/C(=N/N=C\c2ccc(OC)c(OC)c2OC)c2ccccc21. The number of carbonyl (C=O) groups excluding carboxylic acids is 1. The molecule has 0 atom stereocenters. The smallest absolute Gasteiger partial charge is 0.279 e. The molecule has 0 unspecified atom stereocenters. The van der Waals surface area contributed by atoms with Crippen LogP contribution in [-0.4, -0.2) is 45.7 Å². The number of nitrogens with zero attached hydrogens (tertiary/aromatic N) is 3. The topological polar surface area (TPSA) is 72.7 Å². The van der Waals surface area contributed by atoms with Crippen molar-refractivity contribution < 1.29 is 19.0 Å². The summed E-state index contributed by atoms with van der Waals surface area (Å²) in [6.45, 7) is 2.50. The van der Waals surface area contributed by atoms with Crippen LogP contribution in [0.5, 0.6) is 17.2 Å². The number of carbonyl (C=O) groups is 1. The van der Waals surface area contributed by atoms with E-state index in [-0.39, 0.29) is 5.91 Å². The molecule has 0 aliphatic carbocycles. The Balaban J connectivity index is 1.97. The number of hydrogen-bond donors (Lipinski definition) is 0. The van der Waals surface area contributed by atoms with E-state index < -0.39 is 0 Å². The van der Waals surface area contributed by atoms with Gasteiger partial charge in [0.05, 0.1) is 33.2 Å². The zero-order valence-electron chi connectivity index (χ0n) is 15.7. The minimum atomic E-state index is -0.157. The maximum absolute atomic E-state index is 12.6.